The highest BCUT2D eigenvalue weighted by atomic mass is 16.5. The summed E-state index contributed by atoms with van der Waals surface area (Å²) in [4.78, 5) is 35.5. The van der Waals surface area contributed by atoms with Crippen molar-refractivity contribution in [3.05, 3.63) is 52.9 Å². The number of benzene rings is 1. The predicted octanol–water partition coefficient (Wildman–Crippen LogP) is 2.79. The fourth-order valence-electron chi connectivity index (χ4n) is 3.02. The summed E-state index contributed by atoms with van der Waals surface area (Å²) >= 11 is 0. The van der Waals surface area contributed by atoms with Gasteiger partial charge in [-0.05, 0) is 69.7 Å². The number of aryl methyl sites for hydroxylation is 1. The molecule has 9 nitrogen and oxygen atoms in total. The highest BCUT2D eigenvalue weighted by Gasteiger charge is 2.17. The van der Waals surface area contributed by atoms with Gasteiger partial charge in [-0.2, -0.15) is 5.26 Å². The number of ether oxygens (including phenoxy) is 2. The molecule has 0 saturated heterocycles. The molecule has 0 atom stereocenters. The Balaban J connectivity index is 2.14. The van der Waals surface area contributed by atoms with E-state index in [0.29, 0.717) is 5.56 Å². The van der Waals surface area contributed by atoms with E-state index in [1.165, 1.54) is 6.08 Å². The molecule has 2 rings (SSSR count). The Kier molecular flexibility index (Phi) is 8.18. The van der Waals surface area contributed by atoms with Crippen LogP contribution < -0.4 is 15.4 Å². The maximum Gasteiger partial charge on any atom is 0.349 e. The molecule has 1 aromatic heterocycles. The first-order valence-corrected chi connectivity index (χ1v) is 9.88. The van der Waals surface area contributed by atoms with E-state index in [1.54, 1.807) is 27.0 Å². The first kappa shape index (κ1) is 24.2. The second-order valence-electron chi connectivity index (χ2n) is 7.28. The van der Waals surface area contributed by atoms with Crippen molar-refractivity contribution in [3.8, 4) is 17.5 Å². The lowest BCUT2D eigenvalue weighted by Crippen LogP contribution is -2.44. The molecule has 0 aliphatic heterocycles. The van der Waals surface area contributed by atoms with Gasteiger partial charge in [0, 0.05) is 23.1 Å². The van der Waals surface area contributed by atoms with Crippen LogP contribution in [0.1, 0.15) is 30.8 Å². The van der Waals surface area contributed by atoms with E-state index < -0.39 is 24.5 Å². The van der Waals surface area contributed by atoms with E-state index >= 15 is 0 Å². The van der Waals surface area contributed by atoms with E-state index in [-0.39, 0.29) is 11.6 Å². The Hall–Kier alpha value is -4.06. The summed E-state index contributed by atoms with van der Waals surface area (Å²) in [5.41, 5.74) is 3.02. The average molecular weight is 438 g/mol. The molecule has 1 aromatic carbocycles. The number of nitriles is 1. The molecular weight excluding hydrogens is 412 g/mol. The smallest absolute Gasteiger partial charge is 0.349 e. The van der Waals surface area contributed by atoms with Crippen molar-refractivity contribution < 1.29 is 23.9 Å². The van der Waals surface area contributed by atoms with Gasteiger partial charge in [-0.15, -0.1) is 0 Å². The molecule has 0 aliphatic rings. The quantitative estimate of drug-likeness (QED) is 0.389. The molecule has 2 aromatic rings. The van der Waals surface area contributed by atoms with E-state index in [4.69, 9.17) is 9.47 Å². The number of nitrogens with zero attached hydrogens (tertiary/aromatic N) is 2. The Labute approximate surface area is 186 Å². The van der Waals surface area contributed by atoms with Crippen LogP contribution in [-0.2, 0) is 14.3 Å². The van der Waals surface area contributed by atoms with E-state index in [9.17, 15) is 19.6 Å². The van der Waals surface area contributed by atoms with Crippen LogP contribution >= 0.6 is 0 Å². The maximum atomic E-state index is 12.3. The van der Waals surface area contributed by atoms with E-state index in [2.05, 4.69) is 5.32 Å². The molecule has 0 saturated carbocycles. The van der Waals surface area contributed by atoms with Crippen molar-refractivity contribution >= 4 is 24.0 Å². The van der Waals surface area contributed by atoms with Crippen molar-refractivity contribution in [2.75, 3.05) is 13.7 Å². The zero-order valence-electron chi connectivity index (χ0n) is 18.7. The number of aromatic nitrogens is 1. The van der Waals surface area contributed by atoms with Crippen LogP contribution in [0.4, 0.5) is 4.79 Å². The molecule has 0 aliphatic carbocycles. The van der Waals surface area contributed by atoms with Gasteiger partial charge in [-0.1, -0.05) is 0 Å². The summed E-state index contributed by atoms with van der Waals surface area (Å²) in [6.45, 7) is 6.56. The minimum Gasteiger partial charge on any atom is -0.497 e. The third-order valence-electron chi connectivity index (χ3n) is 4.45. The van der Waals surface area contributed by atoms with Crippen LogP contribution in [0.3, 0.4) is 0 Å². The van der Waals surface area contributed by atoms with Crippen LogP contribution in [0.15, 0.2) is 35.9 Å². The molecule has 0 fully saturated rings. The number of carbonyl (C=O) groups excluding carboxylic acids is 3. The normalized spacial score (nSPS) is 11.0. The summed E-state index contributed by atoms with van der Waals surface area (Å²) in [6.07, 6.45) is 1.41. The summed E-state index contributed by atoms with van der Waals surface area (Å²) in [6, 6.07) is 10.3. The van der Waals surface area contributed by atoms with Gasteiger partial charge >= 0.3 is 12.0 Å². The molecule has 0 bridgehead atoms. The molecule has 0 radical (unpaired) electrons. The predicted molar refractivity (Wildman–Crippen MR) is 118 cm³/mol. The second kappa shape index (κ2) is 10.8. The number of methoxy groups -OCH3 is 1. The van der Waals surface area contributed by atoms with Crippen LogP contribution in [0.5, 0.6) is 5.75 Å². The fraction of sp³-hybridized carbons (Fsp3) is 0.304. The third kappa shape index (κ3) is 6.22. The fourth-order valence-corrected chi connectivity index (χ4v) is 3.02. The Morgan fingerprint density at radius 2 is 1.84 bits per heavy atom. The van der Waals surface area contributed by atoms with Crippen LogP contribution in [0.25, 0.3) is 11.8 Å². The average Bonchev–Trinajstić information content (AvgIpc) is 3.02. The minimum absolute atomic E-state index is 0.157. The van der Waals surface area contributed by atoms with Gasteiger partial charge in [0.2, 0.25) is 0 Å². The van der Waals surface area contributed by atoms with Crippen LogP contribution in [0.2, 0.25) is 0 Å². The number of urea groups is 1. The van der Waals surface area contributed by atoms with Gasteiger partial charge in [0.1, 0.15) is 17.4 Å². The van der Waals surface area contributed by atoms with E-state index in [1.807, 2.05) is 54.1 Å². The monoisotopic (exact) mass is 438 g/mol. The van der Waals surface area contributed by atoms with Gasteiger partial charge in [-0.25, -0.2) is 9.59 Å². The highest BCUT2D eigenvalue weighted by Crippen LogP contribution is 2.24. The lowest BCUT2D eigenvalue weighted by Gasteiger charge is -2.10. The Bertz CT molecular complexity index is 1080. The van der Waals surface area contributed by atoms with Crippen molar-refractivity contribution in [1.82, 2.24) is 15.2 Å². The van der Waals surface area contributed by atoms with Crippen LogP contribution in [0, 0.1) is 25.2 Å². The molecule has 2 N–H and O–H groups in total. The topological polar surface area (TPSA) is 122 Å². The minimum atomic E-state index is -0.957. The maximum absolute atomic E-state index is 12.3. The standard InChI is InChI=1S/C23H26N4O5/c1-14(2)25-23(30)26-21(28)13-32-22(29)18(12-24)11-17-10-15(3)27(16(17)4)19-6-8-20(31-5)9-7-19/h6-11,14H,13H2,1-5H3,(H2,25,26,28,30)/b18-11+. The molecule has 32 heavy (non-hydrogen) atoms. The van der Waals surface area contributed by atoms with Gasteiger partial charge in [0.25, 0.3) is 5.91 Å². The van der Waals surface area contributed by atoms with Crippen molar-refractivity contribution in [2.45, 2.75) is 33.7 Å². The van der Waals surface area contributed by atoms with Crippen LogP contribution in [-0.4, -0.2) is 42.2 Å². The number of amides is 3. The first-order valence-electron chi connectivity index (χ1n) is 9.88. The number of esters is 1. The Morgan fingerprint density at radius 3 is 2.41 bits per heavy atom. The second-order valence-corrected chi connectivity index (χ2v) is 7.28. The lowest BCUT2D eigenvalue weighted by atomic mass is 10.1. The largest absolute Gasteiger partial charge is 0.497 e. The third-order valence-corrected chi connectivity index (χ3v) is 4.45. The number of nitrogens with one attached hydrogen (secondary N) is 2. The number of hydrogen-bond acceptors (Lipinski definition) is 6. The first-order chi connectivity index (χ1) is 15.2. The zero-order valence-corrected chi connectivity index (χ0v) is 18.7. The number of imide groups is 1. The number of carbonyl (C=O) groups is 3. The summed E-state index contributed by atoms with van der Waals surface area (Å²) in [7, 11) is 1.59. The van der Waals surface area contributed by atoms with Gasteiger partial charge in [0.15, 0.2) is 6.61 Å². The van der Waals surface area contributed by atoms with Crippen molar-refractivity contribution in [1.29, 1.82) is 5.26 Å². The Morgan fingerprint density at radius 1 is 1.19 bits per heavy atom. The lowest BCUT2D eigenvalue weighted by molar-refractivity contribution is -0.144. The highest BCUT2D eigenvalue weighted by molar-refractivity contribution is 6.00. The molecule has 1 heterocycles. The number of rotatable bonds is 7. The van der Waals surface area contributed by atoms with Crippen molar-refractivity contribution in [3.63, 3.8) is 0 Å². The number of hydrogen-bond donors (Lipinski definition) is 2. The van der Waals surface area contributed by atoms with E-state index in [0.717, 1.165) is 22.8 Å². The summed E-state index contributed by atoms with van der Waals surface area (Å²) in [5, 5.41) is 13.9. The summed E-state index contributed by atoms with van der Waals surface area (Å²) in [5.74, 6) is -1.02. The van der Waals surface area contributed by atoms with Gasteiger partial charge in [-0.3, -0.25) is 10.1 Å². The van der Waals surface area contributed by atoms with Gasteiger partial charge in [0.05, 0.1) is 7.11 Å². The molecule has 9 heteroatoms. The molecule has 0 spiro atoms. The molecule has 3 amide bonds. The molecule has 168 valence electrons. The SMILES string of the molecule is COc1ccc(-n2c(C)cc(/C=C(\C#N)C(=O)OCC(=O)NC(=O)NC(C)C)c2C)cc1. The summed E-state index contributed by atoms with van der Waals surface area (Å²) < 4.78 is 12.0. The van der Waals surface area contributed by atoms with Gasteiger partial charge < -0.3 is 19.4 Å². The van der Waals surface area contributed by atoms with Crippen molar-refractivity contribution in [2.24, 2.45) is 0 Å². The molecule has 0 unspecified atom stereocenters. The molecular formula is C23H26N4O5. The zero-order chi connectivity index (χ0) is 23.8.